The lowest BCUT2D eigenvalue weighted by atomic mass is 10.1. The Morgan fingerprint density at radius 1 is 0.880 bits per heavy atom. The predicted molar refractivity (Wildman–Crippen MR) is 101 cm³/mol. The molecule has 4 heteroatoms. The van der Waals surface area contributed by atoms with Crippen LogP contribution in [0, 0.1) is 0 Å². The molecule has 2 rings (SSSR count). The molecule has 0 heterocycles. The third-order valence-electron chi connectivity index (χ3n) is 3.93. The number of carbonyl (C=O) groups is 1. The van der Waals surface area contributed by atoms with Crippen molar-refractivity contribution >= 4 is 5.91 Å². The lowest BCUT2D eigenvalue weighted by Gasteiger charge is -2.12. The fraction of sp³-hybridized carbons (Fsp3) is 0.381. The molecule has 4 nitrogen and oxygen atoms in total. The summed E-state index contributed by atoms with van der Waals surface area (Å²) in [7, 11) is 0. The van der Waals surface area contributed by atoms with Gasteiger partial charge in [-0.05, 0) is 62.1 Å². The molecule has 0 radical (unpaired) electrons. The van der Waals surface area contributed by atoms with Crippen molar-refractivity contribution in [2.75, 3.05) is 19.8 Å². The van der Waals surface area contributed by atoms with Crippen LogP contribution in [0.1, 0.15) is 42.3 Å². The molecule has 0 saturated carbocycles. The Hall–Kier alpha value is -2.49. The van der Waals surface area contributed by atoms with E-state index in [-0.39, 0.29) is 5.91 Å². The van der Waals surface area contributed by atoms with Crippen LogP contribution in [0.4, 0.5) is 0 Å². The van der Waals surface area contributed by atoms with Crippen LogP contribution in [0.3, 0.4) is 0 Å². The Morgan fingerprint density at radius 3 is 2.16 bits per heavy atom. The molecule has 1 N–H and O–H groups in total. The highest BCUT2D eigenvalue weighted by Crippen LogP contribution is 2.28. The molecule has 0 aliphatic heterocycles. The average molecular weight is 341 g/mol. The summed E-state index contributed by atoms with van der Waals surface area (Å²) in [6, 6.07) is 13.7. The van der Waals surface area contributed by atoms with Gasteiger partial charge >= 0.3 is 0 Å². The highest BCUT2D eigenvalue weighted by Gasteiger charge is 2.08. The fourth-order valence-corrected chi connectivity index (χ4v) is 2.57. The van der Waals surface area contributed by atoms with E-state index in [9.17, 15) is 4.79 Å². The van der Waals surface area contributed by atoms with Crippen molar-refractivity contribution in [1.82, 2.24) is 5.32 Å². The number of rotatable bonds is 9. The van der Waals surface area contributed by atoms with E-state index < -0.39 is 0 Å². The van der Waals surface area contributed by atoms with Crippen molar-refractivity contribution in [2.24, 2.45) is 0 Å². The normalized spacial score (nSPS) is 10.4. The predicted octanol–water partition coefficient (Wildman–Crippen LogP) is 4.02. The molecular weight excluding hydrogens is 314 g/mol. The first-order chi connectivity index (χ1) is 12.2. The summed E-state index contributed by atoms with van der Waals surface area (Å²) in [5.74, 6) is 1.47. The van der Waals surface area contributed by atoms with E-state index in [1.165, 1.54) is 5.56 Å². The molecule has 0 aromatic heterocycles. The molecule has 2 aromatic carbocycles. The fourth-order valence-electron chi connectivity index (χ4n) is 2.57. The number of ether oxygens (including phenoxy) is 2. The highest BCUT2D eigenvalue weighted by molar-refractivity contribution is 5.94. The monoisotopic (exact) mass is 341 g/mol. The number of amides is 1. The second-order valence-corrected chi connectivity index (χ2v) is 5.70. The minimum atomic E-state index is -0.0429. The summed E-state index contributed by atoms with van der Waals surface area (Å²) in [5.41, 5.74) is 3.03. The first-order valence-electron chi connectivity index (χ1n) is 8.93. The van der Waals surface area contributed by atoms with E-state index in [0.717, 1.165) is 29.9 Å². The van der Waals surface area contributed by atoms with Crippen molar-refractivity contribution in [1.29, 1.82) is 0 Å². The molecule has 0 aliphatic rings. The molecule has 1 amide bonds. The number of hydrogen-bond donors (Lipinski definition) is 1. The van der Waals surface area contributed by atoms with Gasteiger partial charge in [0.25, 0.3) is 5.91 Å². The second kappa shape index (κ2) is 9.72. The zero-order valence-electron chi connectivity index (χ0n) is 15.3. The van der Waals surface area contributed by atoms with Crippen LogP contribution in [0.5, 0.6) is 11.5 Å². The Morgan fingerprint density at radius 2 is 1.52 bits per heavy atom. The maximum absolute atomic E-state index is 12.2. The van der Waals surface area contributed by atoms with Gasteiger partial charge in [0.15, 0.2) is 11.5 Å². The first-order valence-corrected chi connectivity index (χ1v) is 8.93. The summed E-state index contributed by atoms with van der Waals surface area (Å²) in [5, 5.41) is 2.97. The highest BCUT2D eigenvalue weighted by atomic mass is 16.5. The Bertz CT molecular complexity index is 680. The van der Waals surface area contributed by atoms with Crippen LogP contribution in [0.15, 0.2) is 42.5 Å². The van der Waals surface area contributed by atoms with Crippen LogP contribution in [-0.4, -0.2) is 25.7 Å². The van der Waals surface area contributed by atoms with E-state index in [0.29, 0.717) is 25.3 Å². The van der Waals surface area contributed by atoms with Crippen molar-refractivity contribution in [2.45, 2.75) is 33.6 Å². The lowest BCUT2D eigenvalue weighted by Crippen LogP contribution is -2.25. The molecule has 0 spiro atoms. The van der Waals surface area contributed by atoms with Gasteiger partial charge in [0.2, 0.25) is 0 Å². The van der Waals surface area contributed by atoms with Crippen LogP contribution in [0.25, 0.3) is 0 Å². The molecular formula is C21H27NO3. The standard InChI is InChI=1S/C21H27NO3/c1-4-16-7-10-18(11-8-16)21(23)22-14-13-17-9-12-19(24-5-2)20(15-17)25-6-3/h7-12,15H,4-6,13-14H2,1-3H3,(H,22,23). The molecule has 0 unspecified atom stereocenters. The number of hydrogen-bond acceptors (Lipinski definition) is 3. The topological polar surface area (TPSA) is 47.6 Å². The lowest BCUT2D eigenvalue weighted by molar-refractivity contribution is 0.0954. The van der Waals surface area contributed by atoms with Gasteiger partial charge in [-0.1, -0.05) is 25.1 Å². The smallest absolute Gasteiger partial charge is 0.251 e. The molecule has 0 saturated heterocycles. The van der Waals surface area contributed by atoms with Gasteiger partial charge in [-0.15, -0.1) is 0 Å². The van der Waals surface area contributed by atoms with Crippen molar-refractivity contribution < 1.29 is 14.3 Å². The summed E-state index contributed by atoms with van der Waals surface area (Å²) in [6.07, 6.45) is 1.72. The van der Waals surface area contributed by atoms with Crippen molar-refractivity contribution in [3.8, 4) is 11.5 Å². The Labute approximate surface area is 150 Å². The number of benzene rings is 2. The SMILES string of the molecule is CCOc1ccc(CCNC(=O)c2ccc(CC)cc2)cc1OCC. The third-order valence-corrected chi connectivity index (χ3v) is 3.93. The Balaban J connectivity index is 1.91. The van der Waals surface area contributed by atoms with Gasteiger partial charge < -0.3 is 14.8 Å². The summed E-state index contributed by atoms with van der Waals surface area (Å²) in [6.45, 7) is 7.77. The van der Waals surface area contributed by atoms with E-state index in [2.05, 4.69) is 12.2 Å². The summed E-state index contributed by atoms with van der Waals surface area (Å²) < 4.78 is 11.2. The Kier molecular flexibility index (Phi) is 7.33. The van der Waals surface area contributed by atoms with Crippen molar-refractivity contribution in [3.63, 3.8) is 0 Å². The average Bonchev–Trinajstić information content (AvgIpc) is 2.64. The minimum absolute atomic E-state index is 0.0429. The van der Waals surface area contributed by atoms with Crippen LogP contribution in [0.2, 0.25) is 0 Å². The maximum atomic E-state index is 12.2. The zero-order valence-corrected chi connectivity index (χ0v) is 15.3. The molecule has 0 bridgehead atoms. The molecule has 134 valence electrons. The molecule has 0 atom stereocenters. The van der Waals surface area contributed by atoms with Gasteiger partial charge in [0.05, 0.1) is 13.2 Å². The van der Waals surface area contributed by atoms with E-state index >= 15 is 0 Å². The first kappa shape index (κ1) is 18.8. The van der Waals surface area contributed by atoms with E-state index in [4.69, 9.17) is 9.47 Å². The third kappa shape index (κ3) is 5.52. The van der Waals surface area contributed by atoms with Gasteiger partial charge in [-0.25, -0.2) is 0 Å². The number of carbonyl (C=O) groups excluding carboxylic acids is 1. The van der Waals surface area contributed by atoms with Crippen LogP contribution < -0.4 is 14.8 Å². The molecule has 0 aliphatic carbocycles. The van der Waals surface area contributed by atoms with Crippen molar-refractivity contribution in [3.05, 3.63) is 59.2 Å². The van der Waals surface area contributed by atoms with Crippen LogP contribution >= 0.6 is 0 Å². The second-order valence-electron chi connectivity index (χ2n) is 5.70. The van der Waals surface area contributed by atoms with Gasteiger partial charge in [0.1, 0.15) is 0 Å². The summed E-state index contributed by atoms with van der Waals surface area (Å²) in [4.78, 5) is 12.2. The molecule has 25 heavy (non-hydrogen) atoms. The minimum Gasteiger partial charge on any atom is -0.490 e. The number of aryl methyl sites for hydroxylation is 1. The van der Waals surface area contributed by atoms with E-state index in [1.54, 1.807) is 0 Å². The quantitative estimate of drug-likeness (QED) is 0.749. The van der Waals surface area contributed by atoms with Gasteiger partial charge in [-0.3, -0.25) is 4.79 Å². The van der Waals surface area contributed by atoms with Gasteiger partial charge in [0, 0.05) is 12.1 Å². The van der Waals surface area contributed by atoms with E-state index in [1.807, 2.05) is 56.3 Å². The van der Waals surface area contributed by atoms with Gasteiger partial charge in [-0.2, -0.15) is 0 Å². The zero-order chi connectivity index (χ0) is 18.1. The largest absolute Gasteiger partial charge is 0.490 e. The van der Waals surface area contributed by atoms with Crippen LogP contribution in [-0.2, 0) is 12.8 Å². The number of nitrogens with one attached hydrogen (secondary N) is 1. The molecule has 0 fully saturated rings. The molecule has 2 aromatic rings. The maximum Gasteiger partial charge on any atom is 0.251 e. The summed E-state index contributed by atoms with van der Waals surface area (Å²) >= 11 is 0.